The number of halogens is 3. The summed E-state index contributed by atoms with van der Waals surface area (Å²) < 4.78 is 13.4. The van der Waals surface area contributed by atoms with Crippen molar-refractivity contribution in [1.82, 2.24) is 5.32 Å². The number of benzene rings is 1. The lowest BCUT2D eigenvalue weighted by molar-refractivity contribution is 0.240. The molecule has 1 aliphatic carbocycles. The number of urea groups is 1. The summed E-state index contributed by atoms with van der Waals surface area (Å²) >= 11 is 9.01. The molecule has 0 bridgehead atoms. The Kier molecular flexibility index (Phi) is 3.89. The second-order valence-electron chi connectivity index (χ2n) is 3.97. The van der Waals surface area contributed by atoms with E-state index in [0.29, 0.717) is 10.2 Å². The Bertz CT molecular complexity index is 428. The number of nitrogens with one attached hydrogen (secondary N) is 2. The van der Waals surface area contributed by atoms with E-state index in [1.165, 1.54) is 6.07 Å². The van der Waals surface area contributed by atoms with Crippen molar-refractivity contribution in [1.29, 1.82) is 0 Å². The van der Waals surface area contributed by atoms with Crippen LogP contribution in [0.3, 0.4) is 0 Å². The summed E-state index contributed by atoms with van der Waals surface area (Å²) in [4.78, 5) is 11.6. The molecule has 0 spiro atoms. The molecular weight excluding hydrogens is 310 g/mol. The first-order valence-electron chi connectivity index (χ1n) is 5.28. The fraction of sp³-hybridized carbons (Fsp3) is 0.364. The first-order valence-corrected chi connectivity index (χ1v) is 6.45. The summed E-state index contributed by atoms with van der Waals surface area (Å²) in [5.74, 6) is -0.452. The number of rotatable bonds is 2. The number of carbonyl (C=O) groups is 1. The van der Waals surface area contributed by atoms with Gasteiger partial charge in [-0.1, -0.05) is 11.6 Å². The lowest BCUT2D eigenvalue weighted by Gasteiger charge is -2.26. The Morgan fingerprint density at radius 1 is 1.47 bits per heavy atom. The standard InChI is InChI=1S/C11H11BrClFN2O/c12-8-4-6(14)5-9(13)10(8)16-11(17)15-7-2-1-3-7/h4-5,7H,1-3H2,(H2,15,16,17). The molecule has 0 unspecified atom stereocenters. The van der Waals surface area contributed by atoms with E-state index in [4.69, 9.17) is 11.6 Å². The molecule has 17 heavy (non-hydrogen) atoms. The van der Waals surface area contributed by atoms with Gasteiger partial charge in [-0.15, -0.1) is 0 Å². The smallest absolute Gasteiger partial charge is 0.319 e. The van der Waals surface area contributed by atoms with Gasteiger partial charge >= 0.3 is 6.03 Å². The molecule has 2 rings (SSSR count). The van der Waals surface area contributed by atoms with E-state index in [9.17, 15) is 9.18 Å². The highest BCUT2D eigenvalue weighted by Crippen LogP contribution is 2.31. The van der Waals surface area contributed by atoms with E-state index in [0.717, 1.165) is 25.3 Å². The molecule has 6 heteroatoms. The average Bonchev–Trinajstić information content (AvgIpc) is 2.17. The molecule has 3 nitrogen and oxygen atoms in total. The van der Waals surface area contributed by atoms with Crippen molar-refractivity contribution in [2.24, 2.45) is 0 Å². The lowest BCUT2D eigenvalue weighted by Crippen LogP contribution is -2.41. The van der Waals surface area contributed by atoms with Gasteiger partial charge in [-0.25, -0.2) is 9.18 Å². The van der Waals surface area contributed by atoms with Gasteiger partial charge in [-0.2, -0.15) is 0 Å². The Balaban J connectivity index is 2.04. The molecule has 2 amide bonds. The van der Waals surface area contributed by atoms with Crippen molar-refractivity contribution >= 4 is 39.2 Å². The zero-order chi connectivity index (χ0) is 12.4. The SMILES string of the molecule is O=C(Nc1c(Cl)cc(F)cc1Br)NC1CCC1. The van der Waals surface area contributed by atoms with Gasteiger partial charge in [-0.3, -0.25) is 0 Å². The van der Waals surface area contributed by atoms with E-state index in [2.05, 4.69) is 26.6 Å². The second-order valence-corrected chi connectivity index (χ2v) is 5.23. The van der Waals surface area contributed by atoms with Crippen LogP contribution in [0.15, 0.2) is 16.6 Å². The quantitative estimate of drug-likeness (QED) is 0.852. The van der Waals surface area contributed by atoms with Crippen LogP contribution in [0.25, 0.3) is 0 Å². The van der Waals surface area contributed by atoms with Gasteiger partial charge in [0.05, 0.1) is 10.7 Å². The van der Waals surface area contributed by atoms with E-state index in [1.54, 1.807) is 0 Å². The number of hydrogen-bond donors (Lipinski definition) is 2. The van der Waals surface area contributed by atoms with Crippen molar-refractivity contribution in [3.8, 4) is 0 Å². The number of anilines is 1. The van der Waals surface area contributed by atoms with Crippen LogP contribution in [0.2, 0.25) is 5.02 Å². The van der Waals surface area contributed by atoms with E-state index in [1.807, 2.05) is 0 Å². The maximum atomic E-state index is 13.0. The molecule has 1 aromatic carbocycles. The highest BCUT2D eigenvalue weighted by molar-refractivity contribution is 9.10. The monoisotopic (exact) mass is 320 g/mol. The molecule has 1 aromatic rings. The lowest BCUT2D eigenvalue weighted by atomic mass is 9.93. The van der Waals surface area contributed by atoms with Crippen molar-refractivity contribution in [3.05, 3.63) is 27.4 Å². The molecule has 1 fully saturated rings. The van der Waals surface area contributed by atoms with Crippen LogP contribution in [0.4, 0.5) is 14.9 Å². The Hall–Kier alpha value is -0.810. The zero-order valence-electron chi connectivity index (χ0n) is 8.90. The van der Waals surface area contributed by atoms with E-state index < -0.39 is 5.82 Å². The van der Waals surface area contributed by atoms with Crippen molar-refractivity contribution in [2.45, 2.75) is 25.3 Å². The molecule has 0 aromatic heterocycles. The van der Waals surface area contributed by atoms with Crippen molar-refractivity contribution in [3.63, 3.8) is 0 Å². The Labute approximate surface area is 112 Å². The Morgan fingerprint density at radius 3 is 2.71 bits per heavy atom. The third-order valence-corrected chi connectivity index (χ3v) is 3.61. The van der Waals surface area contributed by atoms with Gasteiger partial charge in [0, 0.05) is 10.5 Å². The molecule has 1 aliphatic rings. The number of amides is 2. The van der Waals surface area contributed by atoms with Gasteiger partial charge in [0.2, 0.25) is 0 Å². The summed E-state index contributed by atoms with van der Waals surface area (Å²) in [6, 6.07) is 2.34. The van der Waals surface area contributed by atoms with Gasteiger partial charge in [-0.05, 0) is 47.3 Å². The summed E-state index contributed by atoms with van der Waals surface area (Å²) in [6.45, 7) is 0. The highest BCUT2D eigenvalue weighted by Gasteiger charge is 2.20. The topological polar surface area (TPSA) is 41.1 Å². The highest BCUT2D eigenvalue weighted by atomic mass is 79.9. The summed E-state index contributed by atoms with van der Waals surface area (Å²) in [5, 5.41) is 5.59. The van der Waals surface area contributed by atoms with Crippen LogP contribution in [0, 0.1) is 5.82 Å². The molecule has 0 heterocycles. The van der Waals surface area contributed by atoms with Gasteiger partial charge < -0.3 is 10.6 Å². The van der Waals surface area contributed by atoms with Crippen molar-refractivity contribution < 1.29 is 9.18 Å². The second kappa shape index (κ2) is 5.23. The molecular formula is C11H11BrClFN2O. The normalized spacial score (nSPS) is 15.2. The van der Waals surface area contributed by atoms with E-state index in [-0.39, 0.29) is 17.1 Å². The van der Waals surface area contributed by atoms with Crippen LogP contribution < -0.4 is 10.6 Å². The van der Waals surface area contributed by atoms with Crippen LogP contribution in [0.1, 0.15) is 19.3 Å². The first kappa shape index (κ1) is 12.6. The summed E-state index contributed by atoms with van der Waals surface area (Å²) in [6.07, 6.45) is 3.16. The van der Waals surface area contributed by atoms with Crippen LogP contribution in [0.5, 0.6) is 0 Å². The van der Waals surface area contributed by atoms with Gasteiger partial charge in [0.25, 0.3) is 0 Å². The third-order valence-electron chi connectivity index (χ3n) is 2.69. The largest absolute Gasteiger partial charge is 0.335 e. The van der Waals surface area contributed by atoms with Crippen LogP contribution in [-0.4, -0.2) is 12.1 Å². The van der Waals surface area contributed by atoms with Gasteiger partial charge in [0.15, 0.2) is 0 Å². The molecule has 2 N–H and O–H groups in total. The van der Waals surface area contributed by atoms with Gasteiger partial charge in [0.1, 0.15) is 5.82 Å². The third kappa shape index (κ3) is 3.10. The summed E-state index contributed by atoms with van der Waals surface area (Å²) in [7, 11) is 0. The predicted octanol–water partition coefficient (Wildman–Crippen LogP) is 3.92. The molecule has 0 saturated heterocycles. The molecule has 0 atom stereocenters. The fourth-order valence-corrected chi connectivity index (χ4v) is 2.45. The number of carbonyl (C=O) groups excluding carboxylic acids is 1. The molecule has 1 saturated carbocycles. The van der Waals surface area contributed by atoms with Crippen molar-refractivity contribution in [2.75, 3.05) is 5.32 Å². The molecule has 0 radical (unpaired) electrons. The van der Waals surface area contributed by atoms with Crippen LogP contribution in [-0.2, 0) is 0 Å². The average molecular weight is 322 g/mol. The maximum Gasteiger partial charge on any atom is 0.319 e. The minimum Gasteiger partial charge on any atom is -0.335 e. The minimum atomic E-state index is -0.452. The fourth-order valence-electron chi connectivity index (χ4n) is 1.55. The predicted molar refractivity (Wildman–Crippen MR) is 68.9 cm³/mol. The zero-order valence-corrected chi connectivity index (χ0v) is 11.2. The Morgan fingerprint density at radius 2 is 2.18 bits per heavy atom. The molecule has 92 valence electrons. The summed E-state index contributed by atoms with van der Waals surface area (Å²) in [5.41, 5.74) is 0.380. The van der Waals surface area contributed by atoms with Crippen LogP contribution >= 0.6 is 27.5 Å². The van der Waals surface area contributed by atoms with E-state index >= 15 is 0 Å². The first-order chi connectivity index (χ1) is 8.06. The maximum absolute atomic E-state index is 13.0. The number of hydrogen-bond acceptors (Lipinski definition) is 1. The molecule has 0 aliphatic heterocycles. The minimum absolute atomic E-state index is 0.167.